The number of hydrogen-bond acceptors (Lipinski definition) is 2. The monoisotopic (exact) mass is 371 g/mol. The summed E-state index contributed by atoms with van der Waals surface area (Å²) in [7, 11) is 0. The summed E-state index contributed by atoms with van der Waals surface area (Å²) in [4.78, 5) is 23.9. The van der Waals surface area contributed by atoms with Crippen LogP contribution in [0, 0.1) is 17.8 Å². The molecule has 0 radical (unpaired) electrons. The van der Waals surface area contributed by atoms with Gasteiger partial charge in [-0.1, -0.05) is 17.7 Å². The third-order valence-corrected chi connectivity index (χ3v) is 5.99. The van der Waals surface area contributed by atoms with Crippen LogP contribution in [0.3, 0.4) is 0 Å². The summed E-state index contributed by atoms with van der Waals surface area (Å²) in [5.74, 6) is -1.13. The van der Waals surface area contributed by atoms with Crippen LogP contribution < -0.4 is 5.32 Å². The first kappa shape index (κ1) is 14.9. The maximum Gasteiger partial charge on any atom is 0.308 e. The van der Waals surface area contributed by atoms with Gasteiger partial charge in [0.25, 0.3) is 5.91 Å². The molecule has 2 N–H and O–H groups in total. The Morgan fingerprint density at radius 1 is 1.29 bits per heavy atom. The second-order valence-electron chi connectivity index (χ2n) is 5.80. The third-order valence-electron chi connectivity index (χ3n) is 4.70. The van der Waals surface area contributed by atoms with Gasteiger partial charge in [-0.15, -0.1) is 0 Å². The Labute approximate surface area is 136 Å². The van der Waals surface area contributed by atoms with E-state index in [9.17, 15) is 14.7 Å². The number of carboxylic acids is 1. The highest BCUT2D eigenvalue weighted by molar-refractivity contribution is 9.10. The molecule has 0 heterocycles. The van der Waals surface area contributed by atoms with Crippen LogP contribution in [0.15, 0.2) is 22.7 Å². The second kappa shape index (κ2) is 5.61. The summed E-state index contributed by atoms with van der Waals surface area (Å²) in [5.41, 5.74) is 0.373. The van der Waals surface area contributed by atoms with Crippen molar-refractivity contribution in [2.75, 3.05) is 0 Å². The molecule has 6 heteroatoms. The number of carbonyl (C=O) groups is 2. The van der Waals surface area contributed by atoms with Gasteiger partial charge in [0.05, 0.1) is 16.5 Å². The molecule has 112 valence electrons. The van der Waals surface area contributed by atoms with Crippen molar-refractivity contribution < 1.29 is 14.7 Å². The number of fused-ring (bicyclic) bond motifs is 2. The lowest BCUT2D eigenvalue weighted by Gasteiger charge is -2.29. The maximum atomic E-state index is 12.4. The number of hydrogen-bond donors (Lipinski definition) is 2. The van der Waals surface area contributed by atoms with Crippen LogP contribution in [-0.4, -0.2) is 23.0 Å². The zero-order chi connectivity index (χ0) is 15.1. The lowest BCUT2D eigenvalue weighted by Crippen LogP contribution is -2.46. The highest BCUT2D eigenvalue weighted by atomic mass is 79.9. The molecule has 2 aliphatic rings. The van der Waals surface area contributed by atoms with Gasteiger partial charge in [0.1, 0.15) is 0 Å². The van der Waals surface area contributed by atoms with Crippen molar-refractivity contribution in [1.29, 1.82) is 0 Å². The van der Waals surface area contributed by atoms with Gasteiger partial charge in [-0.25, -0.2) is 0 Å². The molecule has 0 spiro atoms. The molecule has 1 aromatic carbocycles. The molecule has 21 heavy (non-hydrogen) atoms. The molecular formula is C15H15BrClNO3. The van der Waals surface area contributed by atoms with E-state index in [1.807, 2.05) is 0 Å². The van der Waals surface area contributed by atoms with E-state index in [2.05, 4.69) is 21.2 Å². The fourth-order valence-corrected chi connectivity index (χ4v) is 4.34. The van der Waals surface area contributed by atoms with E-state index in [4.69, 9.17) is 11.6 Å². The van der Waals surface area contributed by atoms with Crippen LogP contribution in [0.1, 0.15) is 29.6 Å². The van der Waals surface area contributed by atoms with E-state index >= 15 is 0 Å². The van der Waals surface area contributed by atoms with Crippen LogP contribution in [0.2, 0.25) is 5.02 Å². The summed E-state index contributed by atoms with van der Waals surface area (Å²) in [6.45, 7) is 0. The number of aliphatic carboxylic acids is 1. The molecule has 1 amide bonds. The standard InChI is InChI=1S/C15H15BrClNO3/c16-10-3-1-2-9(12(10)17)14(19)18-13-8-5-4-7(6-8)11(13)15(20)21/h1-3,7-8,11,13H,4-6H2,(H,18,19)(H,20,21). The lowest BCUT2D eigenvalue weighted by molar-refractivity contribution is -0.144. The topological polar surface area (TPSA) is 66.4 Å². The van der Waals surface area contributed by atoms with Gasteiger partial charge in [0.15, 0.2) is 0 Å². The quantitative estimate of drug-likeness (QED) is 0.855. The third kappa shape index (κ3) is 2.57. The van der Waals surface area contributed by atoms with Gasteiger partial charge in [-0.05, 0) is 59.2 Å². The van der Waals surface area contributed by atoms with Crippen molar-refractivity contribution in [3.63, 3.8) is 0 Å². The van der Waals surface area contributed by atoms with E-state index in [0.717, 1.165) is 19.3 Å². The first-order chi connectivity index (χ1) is 9.99. The predicted octanol–water partition coefficient (Wildman–Crippen LogP) is 3.33. The molecule has 0 aromatic heterocycles. The zero-order valence-electron chi connectivity index (χ0n) is 11.2. The number of carbonyl (C=O) groups excluding carboxylic acids is 1. The first-order valence-corrected chi connectivity index (χ1v) is 8.14. The molecule has 0 saturated heterocycles. The van der Waals surface area contributed by atoms with E-state index in [1.165, 1.54) is 0 Å². The number of amides is 1. The highest BCUT2D eigenvalue weighted by Gasteiger charge is 2.51. The second-order valence-corrected chi connectivity index (χ2v) is 7.03. The normalized spacial score (nSPS) is 30.4. The van der Waals surface area contributed by atoms with Crippen LogP contribution in [-0.2, 0) is 4.79 Å². The van der Waals surface area contributed by atoms with E-state index in [1.54, 1.807) is 18.2 Å². The SMILES string of the molecule is O=C(NC1C2CCC(C2)C1C(=O)O)c1cccc(Br)c1Cl. The molecule has 4 unspecified atom stereocenters. The molecule has 2 fully saturated rings. The molecule has 0 aliphatic heterocycles. The first-order valence-electron chi connectivity index (χ1n) is 6.96. The smallest absolute Gasteiger partial charge is 0.308 e. The summed E-state index contributed by atoms with van der Waals surface area (Å²) in [6.07, 6.45) is 2.84. The van der Waals surface area contributed by atoms with Crippen LogP contribution in [0.5, 0.6) is 0 Å². The molecule has 4 nitrogen and oxygen atoms in total. The Morgan fingerprint density at radius 3 is 2.71 bits per heavy atom. The van der Waals surface area contributed by atoms with Crippen LogP contribution >= 0.6 is 27.5 Å². The number of benzene rings is 1. The van der Waals surface area contributed by atoms with Crippen molar-refractivity contribution in [3.05, 3.63) is 33.3 Å². The summed E-state index contributed by atoms with van der Waals surface area (Å²) < 4.78 is 0.652. The van der Waals surface area contributed by atoms with Crippen molar-refractivity contribution in [2.45, 2.75) is 25.3 Å². The summed E-state index contributed by atoms with van der Waals surface area (Å²) >= 11 is 9.42. The van der Waals surface area contributed by atoms with Crippen molar-refractivity contribution in [3.8, 4) is 0 Å². The Bertz CT molecular complexity index is 607. The van der Waals surface area contributed by atoms with E-state index < -0.39 is 11.9 Å². The van der Waals surface area contributed by atoms with E-state index in [0.29, 0.717) is 15.1 Å². The zero-order valence-corrected chi connectivity index (χ0v) is 13.5. The summed E-state index contributed by atoms with van der Waals surface area (Å²) in [6, 6.07) is 4.85. The predicted molar refractivity (Wildman–Crippen MR) is 82.4 cm³/mol. The minimum absolute atomic E-state index is 0.191. The number of nitrogens with one attached hydrogen (secondary N) is 1. The van der Waals surface area contributed by atoms with Gasteiger partial charge in [0, 0.05) is 10.5 Å². The molecule has 3 rings (SSSR count). The maximum absolute atomic E-state index is 12.4. The number of carboxylic acid groups (broad SMARTS) is 1. The molecule has 4 atom stereocenters. The number of halogens is 2. The average molecular weight is 373 g/mol. The van der Waals surface area contributed by atoms with Gasteiger partial charge in [-0.3, -0.25) is 9.59 Å². The fourth-order valence-electron chi connectivity index (χ4n) is 3.76. The van der Waals surface area contributed by atoms with Crippen LogP contribution in [0.25, 0.3) is 0 Å². The Balaban J connectivity index is 1.81. The Hall–Kier alpha value is -1.07. The molecule has 2 saturated carbocycles. The number of rotatable bonds is 3. The van der Waals surface area contributed by atoms with E-state index in [-0.39, 0.29) is 23.8 Å². The Kier molecular flexibility index (Phi) is 3.97. The minimum Gasteiger partial charge on any atom is -0.481 e. The van der Waals surface area contributed by atoms with Crippen molar-refractivity contribution in [2.24, 2.45) is 17.8 Å². The fraction of sp³-hybridized carbons (Fsp3) is 0.467. The lowest BCUT2D eigenvalue weighted by atomic mass is 9.84. The highest BCUT2D eigenvalue weighted by Crippen LogP contribution is 2.48. The van der Waals surface area contributed by atoms with Crippen molar-refractivity contribution >= 4 is 39.4 Å². The molecule has 1 aromatic rings. The van der Waals surface area contributed by atoms with Gasteiger partial charge in [0.2, 0.25) is 0 Å². The van der Waals surface area contributed by atoms with Gasteiger partial charge in [-0.2, -0.15) is 0 Å². The average Bonchev–Trinajstić information content (AvgIpc) is 3.02. The molecule has 2 bridgehead atoms. The van der Waals surface area contributed by atoms with Gasteiger partial charge < -0.3 is 10.4 Å². The van der Waals surface area contributed by atoms with Crippen molar-refractivity contribution in [1.82, 2.24) is 5.32 Å². The van der Waals surface area contributed by atoms with Crippen LogP contribution in [0.4, 0.5) is 0 Å². The summed E-state index contributed by atoms with van der Waals surface area (Å²) in [5, 5.41) is 12.7. The molecular weight excluding hydrogens is 358 g/mol. The Morgan fingerprint density at radius 2 is 2.00 bits per heavy atom. The largest absolute Gasteiger partial charge is 0.481 e. The van der Waals surface area contributed by atoms with Gasteiger partial charge >= 0.3 is 5.97 Å². The minimum atomic E-state index is -0.812. The molecule has 2 aliphatic carbocycles.